The summed E-state index contributed by atoms with van der Waals surface area (Å²) in [6, 6.07) is 1.73. The molecule has 2 heterocycles. The monoisotopic (exact) mass is 297 g/mol. The van der Waals surface area contributed by atoms with Gasteiger partial charge in [0.15, 0.2) is 5.69 Å². The molecule has 1 atom stereocenters. The van der Waals surface area contributed by atoms with Crippen molar-refractivity contribution in [3.8, 4) is 0 Å². The van der Waals surface area contributed by atoms with E-state index in [1.54, 1.807) is 6.07 Å². The number of aromatic nitrogens is 1. The molecule has 20 heavy (non-hydrogen) atoms. The van der Waals surface area contributed by atoms with E-state index in [0.29, 0.717) is 12.2 Å². The molecule has 1 aliphatic heterocycles. The fourth-order valence-corrected chi connectivity index (χ4v) is 3.80. The number of hydrogen-bond acceptors (Lipinski definition) is 5. The maximum atomic E-state index is 12.1. The Hall–Kier alpha value is -1.01. The second-order valence-corrected chi connectivity index (χ2v) is 6.98. The van der Waals surface area contributed by atoms with Crippen LogP contribution >= 0.6 is 11.8 Å². The van der Waals surface area contributed by atoms with E-state index in [4.69, 9.17) is 4.52 Å². The Balaban J connectivity index is 1.97. The lowest BCUT2D eigenvalue weighted by Gasteiger charge is -2.35. The van der Waals surface area contributed by atoms with E-state index in [0.717, 1.165) is 23.7 Å². The van der Waals surface area contributed by atoms with Gasteiger partial charge in [0.25, 0.3) is 5.91 Å². The van der Waals surface area contributed by atoms with Gasteiger partial charge in [0.1, 0.15) is 5.76 Å². The summed E-state index contributed by atoms with van der Waals surface area (Å²) in [7, 11) is 4.15. The minimum atomic E-state index is -0.154. The molecule has 0 saturated carbocycles. The topological polar surface area (TPSA) is 58.4 Å². The first-order valence-corrected chi connectivity index (χ1v) is 8.10. The Morgan fingerprint density at radius 1 is 1.60 bits per heavy atom. The van der Waals surface area contributed by atoms with Gasteiger partial charge in [-0.3, -0.25) is 4.79 Å². The highest BCUT2D eigenvalue weighted by Gasteiger charge is 2.37. The molecule has 2 rings (SSSR count). The molecule has 1 unspecified atom stereocenters. The Morgan fingerprint density at radius 2 is 2.35 bits per heavy atom. The molecule has 0 bridgehead atoms. The maximum absolute atomic E-state index is 12.1. The van der Waals surface area contributed by atoms with Crippen LogP contribution in [0.1, 0.15) is 42.4 Å². The largest absolute Gasteiger partial charge is 0.360 e. The summed E-state index contributed by atoms with van der Waals surface area (Å²) >= 11 is 1.94. The third-order valence-corrected chi connectivity index (χ3v) is 5.17. The number of likely N-dealkylation sites (N-methyl/N-ethyl adjacent to an activating group) is 1. The van der Waals surface area contributed by atoms with Crippen molar-refractivity contribution >= 4 is 17.7 Å². The predicted octanol–water partition coefficient (Wildman–Crippen LogP) is 1.97. The first-order valence-electron chi connectivity index (χ1n) is 6.94. The van der Waals surface area contributed by atoms with Crippen molar-refractivity contribution in [3.63, 3.8) is 0 Å². The second-order valence-electron chi connectivity index (χ2n) is 5.87. The smallest absolute Gasteiger partial charge is 0.273 e. The highest BCUT2D eigenvalue weighted by Crippen LogP contribution is 2.31. The van der Waals surface area contributed by atoms with Crippen LogP contribution in [0.2, 0.25) is 0 Å². The van der Waals surface area contributed by atoms with Crippen LogP contribution in [-0.4, -0.2) is 53.6 Å². The zero-order chi connectivity index (χ0) is 14.8. The average Bonchev–Trinajstić information content (AvgIpc) is 3.06. The fraction of sp³-hybridized carbons (Fsp3) is 0.714. The summed E-state index contributed by atoms with van der Waals surface area (Å²) in [5.74, 6) is 3.03. The highest BCUT2D eigenvalue weighted by molar-refractivity contribution is 7.99. The molecule has 1 aromatic rings. The summed E-state index contributed by atoms with van der Waals surface area (Å²) in [5, 5.41) is 6.84. The summed E-state index contributed by atoms with van der Waals surface area (Å²) in [6.45, 7) is 4.67. The van der Waals surface area contributed by atoms with E-state index in [9.17, 15) is 4.79 Å². The molecule has 112 valence electrons. The molecule has 1 amide bonds. The van der Waals surface area contributed by atoms with Gasteiger partial charge in [-0.05, 0) is 26.3 Å². The van der Waals surface area contributed by atoms with Crippen molar-refractivity contribution in [3.05, 3.63) is 17.5 Å². The summed E-state index contributed by atoms with van der Waals surface area (Å²) in [6.07, 6.45) is 1.10. The van der Waals surface area contributed by atoms with E-state index in [1.165, 1.54) is 0 Å². The highest BCUT2D eigenvalue weighted by atomic mass is 32.2. The van der Waals surface area contributed by atoms with Crippen LogP contribution in [0.15, 0.2) is 10.6 Å². The molecule has 0 aliphatic carbocycles. The van der Waals surface area contributed by atoms with Crippen molar-refractivity contribution in [1.82, 2.24) is 15.4 Å². The lowest BCUT2D eigenvalue weighted by molar-refractivity contribution is 0.0905. The van der Waals surface area contributed by atoms with Gasteiger partial charge in [-0.1, -0.05) is 19.0 Å². The normalized spacial score (nSPS) is 22.7. The fourth-order valence-electron chi connectivity index (χ4n) is 2.25. The zero-order valence-electron chi connectivity index (χ0n) is 12.6. The molecule has 1 N–H and O–H groups in total. The van der Waals surface area contributed by atoms with Gasteiger partial charge in [-0.2, -0.15) is 11.8 Å². The Bertz CT molecular complexity index is 465. The van der Waals surface area contributed by atoms with Crippen LogP contribution in [0, 0.1) is 0 Å². The molecule has 1 aliphatic rings. The van der Waals surface area contributed by atoms with Gasteiger partial charge in [0.2, 0.25) is 0 Å². The Kier molecular flexibility index (Phi) is 4.75. The van der Waals surface area contributed by atoms with Crippen molar-refractivity contribution in [2.24, 2.45) is 0 Å². The number of rotatable bonds is 5. The maximum Gasteiger partial charge on any atom is 0.273 e. The van der Waals surface area contributed by atoms with Crippen molar-refractivity contribution in [2.75, 3.05) is 32.1 Å². The van der Waals surface area contributed by atoms with E-state index >= 15 is 0 Å². The number of amides is 1. The average molecular weight is 297 g/mol. The second kappa shape index (κ2) is 6.18. The number of thioether (sulfide) groups is 1. The number of nitrogens with zero attached hydrogens (tertiary/aromatic N) is 2. The van der Waals surface area contributed by atoms with Gasteiger partial charge in [0, 0.05) is 29.8 Å². The molecule has 1 saturated heterocycles. The number of hydrogen-bond donors (Lipinski definition) is 1. The van der Waals surface area contributed by atoms with E-state index in [2.05, 4.69) is 29.5 Å². The zero-order valence-corrected chi connectivity index (χ0v) is 13.4. The molecule has 1 aromatic heterocycles. The van der Waals surface area contributed by atoms with Gasteiger partial charge in [0.05, 0.1) is 0 Å². The predicted molar refractivity (Wildman–Crippen MR) is 81.3 cm³/mol. The van der Waals surface area contributed by atoms with Crippen molar-refractivity contribution in [1.29, 1.82) is 0 Å². The molecule has 1 fully saturated rings. The standard InChI is InChI=1S/C14H23N3O2S/c1-10(2)12-7-11(16-19-12)13(18)15-8-14(17(3)4)5-6-20-9-14/h7,10H,5-6,8-9H2,1-4H3,(H,15,18). The summed E-state index contributed by atoms with van der Waals surface area (Å²) in [5.41, 5.74) is 0.429. The van der Waals surface area contributed by atoms with Crippen LogP contribution in [0.5, 0.6) is 0 Å². The van der Waals surface area contributed by atoms with Crippen LogP contribution in [0.25, 0.3) is 0 Å². The first-order chi connectivity index (χ1) is 9.44. The van der Waals surface area contributed by atoms with Crippen LogP contribution < -0.4 is 5.32 Å². The Morgan fingerprint density at radius 3 is 2.85 bits per heavy atom. The number of nitrogens with one attached hydrogen (secondary N) is 1. The summed E-state index contributed by atoms with van der Waals surface area (Å²) < 4.78 is 5.17. The van der Waals surface area contributed by atoms with E-state index in [-0.39, 0.29) is 17.4 Å². The molecular weight excluding hydrogens is 274 g/mol. The molecule has 6 heteroatoms. The summed E-state index contributed by atoms with van der Waals surface area (Å²) in [4.78, 5) is 14.4. The minimum Gasteiger partial charge on any atom is -0.360 e. The third-order valence-electron chi connectivity index (χ3n) is 3.94. The minimum absolute atomic E-state index is 0.0605. The van der Waals surface area contributed by atoms with Crippen LogP contribution in [-0.2, 0) is 0 Å². The van der Waals surface area contributed by atoms with Gasteiger partial charge in [-0.15, -0.1) is 0 Å². The van der Waals surface area contributed by atoms with Crippen LogP contribution in [0.3, 0.4) is 0 Å². The van der Waals surface area contributed by atoms with Crippen molar-refractivity contribution in [2.45, 2.75) is 31.7 Å². The Labute approximate surface area is 124 Å². The molecular formula is C14H23N3O2S. The van der Waals surface area contributed by atoms with Crippen molar-refractivity contribution < 1.29 is 9.32 Å². The quantitative estimate of drug-likeness (QED) is 0.900. The lowest BCUT2D eigenvalue weighted by Crippen LogP contribution is -2.53. The lowest BCUT2D eigenvalue weighted by atomic mass is 9.97. The molecule has 0 spiro atoms. The first kappa shape index (κ1) is 15.4. The van der Waals surface area contributed by atoms with Gasteiger partial charge in [-0.25, -0.2) is 0 Å². The van der Waals surface area contributed by atoms with Gasteiger partial charge < -0.3 is 14.7 Å². The SMILES string of the molecule is CC(C)c1cc(C(=O)NCC2(N(C)C)CCSC2)no1. The van der Waals surface area contributed by atoms with Crippen LogP contribution in [0.4, 0.5) is 0 Å². The van der Waals surface area contributed by atoms with E-state index < -0.39 is 0 Å². The molecule has 0 aromatic carbocycles. The molecule has 5 nitrogen and oxygen atoms in total. The third kappa shape index (κ3) is 3.17. The number of carbonyl (C=O) groups is 1. The molecule has 0 radical (unpaired) electrons. The number of carbonyl (C=O) groups excluding carboxylic acids is 1. The van der Waals surface area contributed by atoms with Gasteiger partial charge >= 0.3 is 0 Å². The van der Waals surface area contributed by atoms with E-state index in [1.807, 2.05) is 25.6 Å².